The van der Waals surface area contributed by atoms with Gasteiger partial charge in [-0.3, -0.25) is 0 Å². The van der Waals surface area contributed by atoms with Gasteiger partial charge in [-0.25, -0.2) is 4.39 Å². The van der Waals surface area contributed by atoms with Crippen molar-refractivity contribution in [3.05, 3.63) is 70.5 Å². The molecule has 0 aliphatic carbocycles. The summed E-state index contributed by atoms with van der Waals surface area (Å²) in [6, 6.07) is 12.9. The predicted molar refractivity (Wildman–Crippen MR) is 82.3 cm³/mol. The van der Waals surface area contributed by atoms with Crippen molar-refractivity contribution < 1.29 is 4.39 Å². The Balaban J connectivity index is 2.39. The lowest BCUT2D eigenvalue weighted by molar-refractivity contribution is 0.420. The maximum Gasteiger partial charge on any atom is 0.123 e. The fraction of sp³-hybridized carbons (Fsp3) is 0.333. The minimum absolute atomic E-state index is 0.133. The lowest BCUT2D eigenvalue weighted by atomic mass is 9.75. The average molecular weight is 271 g/mol. The highest BCUT2D eigenvalue weighted by Gasteiger charge is 2.29. The molecule has 2 aromatic carbocycles. The Morgan fingerprint density at radius 2 is 1.45 bits per heavy atom. The molecule has 0 fully saturated rings. The van der Waals surface area contributed by atoms with E-state index < -0.39 is 0 Å². The van der Waals surface area contributed by atoms with E-state index in [1.54, 1.807) is 0 Å². The molecule has 20 heavy (non-hydrogen) atoms. The van der Waals surface area contributed by atoms with E-state index in [0.717, 1.165) is 11.1 Å². The van der Waals surface area contributed by atoms with Crippen molar-refractivity contribution in [3.63, 3.8) is 0 Å². The first-order chi connectivity index (χ1) is 9.30. The number of nitrogens with two attached hydrogens (primary N) is 1. The van der Waals surface area contributed by atoms with Crippen molar-refractivity contribution >= 4 is 0 Å². The molecule has 0 bridgehead atoms. The van der Waals surface area contributed by atoms with Crippen LogP contribution in [0, 0.1) is 19.7 Å². The smallest absolute Gasteiger partial charge is 0.123 e. The zero-order chi connectivity index (χ0) is 14.9. The van der Waals surface area contributed by atoms with Crippen LogP contribution in [0.5, 0.6) is 0 Å². The fourth-order valence-corrected chi connectivity index (χ4v) is 2.67. The van der Waals surface area contributed by atoms with Crippen molar-refractivity contribution in [2.45, 2.75) is 39.2 Å². The number of halogens is 1. The molecule has 0 aliphatic heterocycles. The number of hydrogen-bond donors (Lipinski definition) is 1. The molecule has 0 aromatic heterocycles. The van der Waals surface area contributed by atoms with E-state index in [-0.39, 0.29) is 17.3 Å². The van der Waals surface area contributed by atoms with Crippen LogP contribution in [0.1, 0.15) is 42.1 Å². The van der Waals surface area contributed by atoms with Crippen LogP contribution in [0.15, 0.2) is 42.5 Å². The van der Waals surface area contributed by atoms with E-state index in [1.165, 1.54) is 23.3 Å². The van der Waals surface area contributed by atoms with Gasteiger partial charge in [-0.2, -0.15) is 0 Å². The van der Waals surface area contributed by atoms with Crippen LogP contribution < -0.4 is 5.73 Å². The highest BCUT2D eigenvalue weighted by Crippen LogP contribution is 2.35. The molecule has 0 aliphatic rings. The van der Waals surface area contributed by atoms with Gasteiger partial charge in [-0.15, -0.1) is 0 Å². The number of aryl methyl sites for hydroxylation is 2. The third kappa shape index (κ3) is 2.91. The van der Waals surface area contributed by atoms with Crippen molar-refractivity contribution in [1.29, 1.82) is 0 Å². The Kier molecular flexibility index (Phi) is 3.96. The Labute approximate surface area is 120 Å². The molecule has 1 nitrogen and oxygen atoms in total. The van der Waals surface area contributed by atoms with Crippen molar-refractivity contribution in [2.24, 2.45) is 5.73 Å². The number of hydrogen-bond acceptors (Lipinski definition) is 1. The molecular weight excluding hydrogens is 249 g/mol. The van der Waals surface area contributed by atoms with Crippen LogP contribution >= 0.6 is 0 Å². The fourth-order valence-electron chi connectivity index (χ4n) is 2.67. The van der Waals surface area contributed by atoms with Crippen LogP contribution in [0.4, 0.5) is 4.39 Å². The molecule has 2 aromatic rings. The SMILES string of the molecule is Cc1cc(C)cc(C(N)C(C)(C)c2ccc(F)cc2)c1. The third-order valence-corrected chi connectivity index (χ3v) is 3.97. The van der Waals surface area contributed by atoms with Gasteiger partial charge in [0.1, 0.15) is 5.82 Å². The van der Waals surface area contributed by atoms with E-state index in [9.17, 15) is 4.39 Å². The molecule has 2 N–H and O–H groups in total. The summed E-state index contributed by atoms with van der Waals surface area (Å²) in [6.45, 7) is 8.35. The molecule has 0 amide bonds. The van der Waals surface area contributed by atoms with Gasteiger partial charge in [0, 0.05) is 11.5 Å². The second-order valence-corrected chi connectivity index (χ2v) is 6.13. The largest absolute Gasteiger partial charge is 0.323 e. The Hall–Kier alpha value is -1.67. The molecule has 1 atom stereocenters. The van der Waals surface area contributed by atoms with Gasteiger partial charge in [-0.1, -0.05) is 55.3 Å². The Morgan fingerprint density at radius 1 is 0.950 bits per heavy atom. The van der Waals surface area contributed by atoms with Crippen LogP contribution in [-0.2, 0) is 5.41 Å². The minimum Gasteiger partial charge on any atom is -0.323 e. The third-order valence-electron chi connectivity index (χ3n) is 3.97. The first kappa shape index (κ1) is 14.7. The summed E-state index contributed by atoms with van der Waals surface area (Å²) >= 11 is 0. The first-order valence-corrected chi connectivity index (χ1v) is 6.90. The van der Waals surface area contributed by atoms with Crippen LogP contribution in [-0.4, -0.2) is 0 Å². The summed E-state index contributed by atoms with van der Waals surface area (Å²) in [5.74, 6) is -0.218. The molecule has 0 radical (unpaired) electrons. The summed E-state index contributed by atoms with van der Waals surface area (Å²) < 4.78 is 13.1. The second kappa shape index (κ2) is 5.37. The van der Waals surface area contributed by atoms with Gasteiger partial charge in [0.2, 0.25) is 0 Å². The summed E-state index contributed by atoms with van der Waals surface area (Å²) in [5.41, 5.74) is 10.8. The number of benzene rings is 2. The topological polar surface area (TPSA) is 26.0 Å². The molecule has 2 rings (SSSR count). The van der Waals surface area contributed by atoms with Crippen LogP contribution in [0.3, 0.4) is 0 Å². The van der Waals surface area contributed by atoms with Crippen LogP contribution in [0.2, 0.25) is 0 Å². The Morgan fingerprint density at radius 3 is 1.95 bits per heavy atom. The lowest BCUT2D eigenvalue weighted by Crippen LogP contribution is -2.33. The molecule has 106 valence electrons. The van der Waals surface area contributed by atoms with E-state index in [4.69, 9.17) is 5.73 Å². The van der Waals surface area contributed by atoms with E-state index in [2.05, 4.69) is 45.9 Å². The number of rotatable bonds is 3. The molecule has 0 spiro atoms. The first-order valence-electron chi connectivity index (χ1n) is 6.90. The molecule has 0 saturated carbocycles. The van der Waals surface area contributed by atoms with Gasteiger partial charge in [-0.05, 0) is 37.1 Å². The van der Waals surface area contributed by atoms with E-state index >= 15 is 0 Å². The average Bonchev–Trinajstić information content (AvgIpc) is 2.37. The quantitative estimate of drug-likeness (QED) is 0.878. The predicted octanol–water partition coefficient (Wildman–Crippen LogP) is 4.42. The maximum absolute atomic E-state index is 13.1. The van der Waals surface area contributed by atoms with Crippen molar-refractivity contribution in [3.8, 4) is 0 Å². The zero-order valence-corrected chi connectivity index (χ0v) is 12.6. The summed E-state index contributed by atoms with van der Waals surface area (Å²) in [7, 11) is 0. The zero-order valence-electron chi connectivity index (χ0n) is 12.6. The van der Waals surface area contributed by atoms with Crippen molar-refractivity contribution in [1.82, 2.24) is 0 Å². The molecular formula is C18H22FN. The highest BCUT2D eigenvalue weighted by atomic mass is 19.1. The van der Waals surface area contributed by atoms with Crippen molar-refractivity contribution in [2.75, 3.05) is 0 Å². The monoisotopic (exact) mass is 271 g/mol. The van der Waals surface area contributed by atoms with Gasteiger partial charge in [0.05, 0.1) is 0 Å². The summed E-state index contributed by atoms with van der Waals surface area (Å²) in [4.78, 5) is 0. The van der Waals surface area contributed by atoms with Gasteiger partial charge in [0.25, 0.3) is 0 Å². The van der Waals surface area contributed by atoms with Crippen LogP contribution in [0.25, 0.3) is 0 Å². The lowest BCUT2D eigenvalue weighted by Gasteiger charge is -2.33. The summed E-state index contributed by atoms with van der Waals surface area (Å²) in [5, 5.41) is 0. The van der Waals surface area contributed by atoms with Gasteiger partial charge in [0.15, 0.2) is 0 Å². The highest BCUT2D eigenvalue weighted by molar-refractivity contribution is 5.36. The Bertz CT molecular complexity index is 579. The van der Waals surface area contributed by atoms with Gasteiger partial charge >= 0.3 is 0 Å². The molecule has 0 saturated heterocycles. The standard InChI is InChI=1S/C18H22FN/c1-12-9-13(2)11-14(10-12)17(20)18(3,4)15-5-7-16(19)8-6-15/h5-11,17H,20H2,1-4H3. The second-order valence-electron chi connectivity index (χ2n) is 6.13. The minimum atomic E-state index is -0.256. The molecule has 1 unspecified atom stereocenters. The van der Waals surface area contributed by atoms with E-state index in [1.807, 2.05) is 12.1 Å². The maximum atomic E-state index is 13.1. The van der Waals surface area contributed by atoms with E-state index in [0.29, 0.717) is 0 Å². The summed E-state index contributed by atoms with van der Waals surface area (Å²) in [6.07, 6.45) is 0. The molecule has 2 heteroatoms. The van der Waals surface area contributed by atoms with Gasteiger partial charge < -0.3 is 5.73 Å². The normalized spacial score (nSPS) is 13.3. The molecule has 0 heterocycles.